The minimum absolute atomic E-state index is 0.0640. The summed E-state index contributed by atoms with van der Waals surface area (Å²) in [6, 6.07) is 14.3. The van der Waals surface area contributed by atoms with E-state index in [2.05, 4.69) is 5.32 Å². The van der Waals surface area contributed by atoms with E-state index in [-0.39, 0.29) is 30.8 Å². The fourth-order valence-corrected chi connectivity index (χ4v) is 5.02. The Morgan fingerprint density at radius 2 is 1.67 bits per heavy atom. The van der Waals surface area contributed by atoms with Crippen molar-refractivity contribution in [1.82, 2.24) is 10.2 Å². The first-order chi connectivity index (χ1) is 16.8. The minimum atomic E-state index is -3.77. The van der Waals surface area contributed by atoms with Gasteiger partial charge >= 0.3 is 0 Å². The molecule has 0 aromatic heterocycles. The second-order valence-corrected chi connectivity index (χ2v) is 12.0. The van der Waals surface area contributed by atoms with Gasteiger partial charge in [-0.15, -0.1) is 0 Å². The van der Waals surface area contributed by atoms with Crippen molar-refractivity contribution in [1.29, 1.82) is 0 Å². The Morgan fingerprint density at radius 1 is 1.00 bits per heavy atom. The zero-order valence-corrected chi connectivity index (χ0v) is 23.4. The summed E-state index contributed by atoms with van der Waals surface area (Å²) >= 11 is 0. The highest BCUT2D eigenvalue weighted by atomic mass is 32.2. The molecule has 198 valence electrons. The minimum Gasteiger partial charge on any atom is -0.354 e. The number of hydrogen-bond acceptors (Lipinski definition) is 4. The van der Waals surface area contributed by atoms with Gasteiger partial charge in [0, 0.05) is 13.1 Å². The second kappa shape index (κ2) is 12.9. The van der Waals surface area contributed by atoms with Gasteiger partial charge in [-0.2, -0.15) is 0 Å². The van der Waals surface area contributed by atoms with Crippen LogP contribution in [-0.4, -0.2) is 50.5 Å². The molecule has 0 bridgehead atoms. The number of aryl methyl sites for hydroxylation is 1. The molecule has 0 unspecified atom stereocenters. The maximum atomic E-state index is 13.8. The number of nitrogens with one attached hydrogen (secondary N) is 1. The van der Waals surface area contributed by atoms with Crippen molar-refractivity contribution in [2.24, 2.45) is 5.92 Å². The van der Waals surface area contributed by atoms with Gasteiger partial charge in [-0.1, -0.05) is 82.6 Å². The Bertz CT molecular complexity index is 1140. The lowest BCUT2D eigenvalue weighted by molar-refractivity contribution is -0.140. The van der Waals surface area contributed by atoms with Gasteiger partial charge in [0.25, 0.3) is 0 Å². The number of carbonyl (C=O) groups is 2. The highest BCUT2D eigenvalue weighted by Gasteiger charge is 2.32. The summed E-state index contributed by atoms with van der Waals surface area (Å²) in [4.78, 5) is 28.5. The molecule has 0 spiro atoms. The van der Waals surface area contributed by atoms with E-state index in [1.54, 1.807) is 12.1 Å². The number of amides is 2. The number of rotatable bonds is 12. The van der Waals surface area contributed by atoms with E-state index in [0.717, 1.165) is 27.3 Å². The third-order valence-electron chi connectivity index (χ3n) is 6.01. The Labute approximate surface area is 216 Å². The van der Waals surface area contributed by atoms with Gasteiger partial charge in [0.15, 0.2) is 0 Å². The summed E-state index contributed by atoms with van der Waals surface area (Å²) < 4.78 is 26.9. The lowest BCUT2D eigenvalue weighted by Crippen LogP contribution is -2.52. The molecule has 2 amide bonds. The maximum Gasteiger partial charge on any atom is 0.244 e. The third-order valence-corrected chi connectivity index (χ3v) is 7.14. The van der Waals surface area contributed by atoms with Crippen molar-refractivity contribution in [2.45, 2.75) is 66.5 Å². The van der Waals surface area contributed by atoms with Crippen LogP contribution in [0.5, 0.6) is 0 Å². The molecular weight excluding hydrogens is 474 g/mol. The molecule has 36 heavy (non-hydrogen) atoms. The molecule has 2 rings (SSSR count). The number of nitrogens with zero attached hydrogens (tertiary/aromatic N) is 2. The van der Waals surface area contributed by atoms with Crippen LogP contribution in [-0.2, 0) is 26.2 Å². The van der Waals surface area contributed by atoms with Gasteiger partial charge in [-0.3, -0.25) is 13.9 Å². The molecule has 0 saturated carbocycles. The zero-order valence-electron chi connectivity index (χ0n) is 22.6. The van der Waals surface area contributed by atoms with Gasteiger partial charge in [-0.25, -0.2) is 8.42 Å². The summed E-state index contributed by atoms with van der Waals surface area (Å²) in [5.74, 6) is -0.331. The van der Waals surface area contributed by atoms with Crippen LogP contribution in [0.3, 0.4) is 0 Å². The molecule has 2 aromatic rings. The highest BCUT2D eigenvalue weighted by Crippen LogP contribution is 2.29. The summed E-state index contributed by atoms with van der Waals surface area (Å²) in [5.41, 5.74) is 3.24. The van der Waals surface area contributed by atoms with Crippen LogP contribution >= 0.6 is 0 Å². The van der Waals surface area contributed by atoms with Crippen molar-refractivity contribution >= 4 is 27.5 Å². The fourth-order valence-electron chi connectivity index (χ4n) is 4.15. The van der Waals surface area contributed by atoms with Crippen molar-refractivity contribution in [2.75, 3.05) is 23.7 Å². The molecule has 2 aromatic carbocycles. The first-order valence-electron chi connectivity index (χ1n) is 12.5. The number of hydrogen-bond donors (Lipinski definition) is 1. The molecule has 0 aliphatic heterocycles. The highest BCUT2D eigenvalue weighted by molar-refractivity contribution is 7.92. The van der Waals surface area contributed by atoms with Crippen molar-refractivity contribution in [3.05, 3.63) is 65.2 Å². The van der Waals surface area contributed by atoms with Gasteiger partial charge in [0.05, 0.1) is 11.9 Å². The van der Waals surface area contributed by atoms with E-state index in [1.165, 1.54) is 4.90 Å². The van der Waals surface area contributed by atoms with Crippen LogP contribution in [0.4, 0.5) is 5.69 Å². The number of sulfonamides is 1. The lowest BCUT2D eigenvalue weighted by atomic mass is 10.0. The fraction of sp³-hybridized carbons (Fsp3) is 0.500. The summed E-state index contributed by atoms with van der Waals surface area (Å²) in [6.45, 7) is 12.1. The average molecular weight is 516 g/mol. The van der Waals surface area contributed by atoms with E-state index in [4.69, 9.17) is 0 Å². The van der Waals surface area contributed by atoms with E-state index >= 15 is 0 Å². The summed E-state index contributed by atoms with van der Waals surface area (Å²) in [6.07, 6.45) is 1.51. The Balaban J connectivity index is 2.49. The first kappa shape index (κ1) is 29.4. The molecule has 1 N–H and O–H groups in total. The lowest BCUT2D eigenvalue weighted by Gasteiger charge is -2.33. The Kier molecular flexibility index (Phi) is 10.5. The topological polar surface area (TPSA) is 86.8 Å². The average Bonchev–Trinajstić information content (AvgIpc) is 2.80. The van der Waals surface area contributed by atoms with Crippen molar-refractivity contribution in [3.63, 3.8) is 0 Å². The molecule has 7 nitrogen and oxygen atoms in total. The van der Waals surface area contributed by atoms with E-state index in [0.29, 0.717) is 18.7 Å². The van der Waals surface area contributed by atoms with Crippen molar-refractivity contribution in [3.8, 4) is 0 Å². The molecule has 1 atom stereocenters. The predicted molar refractivity (Wildman–Crippen MR) is 146 cm³/mol. The first-order valence-corrected chi connectivity index (χ1v) is 14.4. The van der Waals surface area contributed by atoms with Gasteiger partial charge < -0.3 is 10.2 Å². The Morgan fingerprint density at radius 3 is 2.22 bits per heavy atom. The van der Waals surface area contributed by atoms with Crippen LogP contribution in [0.15, 0.2) is 48.5 Å². The molecule has 0 radical (unpaired) electrons. The molecular formula is C28H41N3O4S. The monoisotopic (exact) mass is 515 g/mol. The number of para-hydroxylation sites is 1. The van der Waals surface area contributed by atoms with E-state index in [1.807, 2.05) is 77.9 Å². The largest absolute Gasteiger partial charge is 0.354 e. The molecule has 0 heterocycles. The SMILES string of the molecule is CC[C@H](C(=O)NCC(C)C)N(Cc1cccc(C)c1)C(=O)CN(c1ccccc1C(C)C)S(C)(=O)=O. The van der Waals surface area contributed by atoms with Crippen LogP contribution in [0.1, 0.15) is 63.6 Å². The predicted octanol–water partition coefficient (Wildman–Crippen LogP) is 4.46. The normalized spacial score (nSPS) is 12.5. The summed E-state index contributed by atoms with van der Waals surface area (Å²) in [5, 5.41) is 2.94. The number of carbonyl (C=O) groups excluding carboxylic acids is 2. The van der Waals surface area contributed by atoms with Crippen molar-refractivity contribution < 1.29 is 18.0 Å². The standard InChI is InChI=1S/C28H41N3O4S/c1-8-25(28(33)29-17-20(2)3)30(18-23-13-11-12-22(6)16-23)27(32)19-31(36(7,34)35)26-15-10-9-14-24(26)21(4)5/h9-16,20-21,25H,8,17-19H2,1-7H3,(H,29,33)/t25-/m1/s1. The van der Waals surface area contributed by atoms with Crippen LogP contribution in [0, 0.1) is 12.8 Å². The van der Waals surface area contributed by atoms with Crippen LogP contribution in [0.2, 0.25) is 0 Å². The van der Waals surface area contributed by atoms with Gasteiger partial charge in [0.1, 0.15) is 12.6 Å². The van der Waals surface area contributed by atoms with Crippen LogP contribution in [0.25, 0.3) is 0 Å². The number of anilines is 1. The van der Waals surface area contributed by atoms with E-state index in [9.17, 15) is 18.0 Å². The van der Waals surface area contributed by atoms with Gasteiger partial charge in [0.2, 0.25) is 21.8 Å². The molecule has 0 aliphatic carbocycles. The zero-order chi connectivity index (χ0) is 27.0. The van der Waals surface area contributed by atoms with Crippen LogP contribution < -0.4 is 9.62 Å². The van der Waals surface area contributed by atoms with E-state index < -0.39 is 22.0 Å². The summed E-state index contributed by atoms with van der Waals surface area (Å²) in [7, 11) is -3.77. The van der Waals surface area contributed by atoms with Gasteiger partial charge in [-0.05, 0) is 42.4 Å². The second-order valence-electron chi connectivity index (χ2n) is 10.1. The third kappa shape index (κ3) is 8.08. The molecule has 0 fully saturated rings. The maximum absolute atomic E-state index is 13.8. The smallest absolute Gasteiger partial charge is 0.244 e. The number of benzene rings is 2. The molecule has 0 saturated heterocycles. The molecule has 0 aliphatic rings. The molecule has 8 heteroatoms. The Hall–Kier alpha value is -2.87. The quantitative estimate of drug-likeness (QED) is 0.452.